The lowest BCUT2D eigenvalue weighted by Crippen LogP contribution is -2.58. The maximum absolute atomic E-state index is 14.9. The summed E-state index contributed by atoms with van der Waals surface area (Å²) in [7, 11) is 0. The highest BCUT2D eigenvalue weighted by molar-refractivity contribution is 6.32. The van der Waals surface area contributed by atoms with Gasteiger partial charge in [-0.2, -0.15) is 0 Å². The Morgan fingerprint density at radius 2 is 1.57 bits per heavy atom. The lowest BCUT2D eigenvalue weighted by molar-refractivity contribution is -0.268. The van der Waals surface area contributed by atoms with E-state index < -0.39 is 72.3 Å². The molecule has 1 heterocycles. The third kappa shape index (κ3) is 6.52. The van der Waals surface area contributed by atoms with Crippen molar-refractivity contribution in [1.82, 2.24) is 0 Å². The molecule has 5 unspecified atom stereocenters. The van der Waals surface area contributed by atoms with E-state index in [1.807, 2.05) is 24.3 Å². The van der Waals surface area contributed by atoms with Crippen LogP contribution < -0.4 is 20.9 Å². The van der Waals surface area contributed by atoms with Crippen molar-refractivity contribution >= 4 is 34.6 Å². The number of ether oxygens (including phenoxy) is 3. The molecule has 1 aliphatic heterocycles. The van der Waals surface area contributed by atoms with E-state index in [9.17, 15) is 44.7 Å². The van der Waals surface area contributed by atoms with Gasteiger partial charge in [-0.15, -0.1) is 0 Å². The molecular formula is C42H38N2O12. The normalized spacial score (nSPS) is 20.5. The van der Waals surface area contributed by atoms with Gasteiger partial charge in [0.15, 0.2) is 17.9 Å². The van der Waals surface area contributed by atoms with E-state index in [1.165, 1.54) is 26.0 Å². The summed E-state index contributed by atoms with van der Waals surface area (Å²) in [5, 5.41) is 56.1. The zero-order valence-electron chi connectivity index (χ0n) is 30.1. The van der Waals surface area contributed by atoms with E-state index in [4.69, 9.17) is 25.7 Å². The van der Waals surface area contributed by atoms with Crippen LogP contribution in [0.15, 0.2) is 72.8 Å². The van der Waals surface area contributed by atoms with Crippen LogP contribution in [-0.4, -0.2) is 80.1 Å². The molecule has 0 radical (unpaired) electrons. The van der Waals surface area contributed by atoms with Crippen molar-refractivity contribution in [3.8, 4) is 28.4 Å². The molecule has 14 heteroatoms. The number of carbonyl (C=O) groups is 4. The molecule has 0 saturated carbocycles. The van der Waals surface area contributed by atoms with Gasteiger partial charge in [0.1, 0.15) is 35.6 Å². The Morgan fingerprint density at radius 3 is 2.25 bits per heavy atom. The van der Waals surface area contributed by atoms with E-state index >= 15 is 0 Å². The molecule has 0 bridgehead atoms. The molecule has 0 spiro atoms. The Hall–Kier alpha value is -5.84. The predicted octanol–water partition coefficient (Wildman–Crippen LogP) is 2.93. The number of nitrogens with two attached hydrogens (primary N) is 2. The van der Waals surface area contributed by atoms with Gasteiger partial charge in [-0.3, -0.25) is 19.2 Å². The molecule has 9 N–H and O–H groups in total. The number of aliphatic hydroxyl groups is 4. The molecule has 1 saturated heterocycles. The minimum atomic E-state index is -1.81. The Balaban J connectivity index is 1.48. The van der Waals surface area contributed by atoms with Crippen molar-refractivity contribution in [1.29, 1.82) is 0 Å². The largest absolute Gasteiger partial charge is 0.507 e. The van der Waals surface area contributed by atoms with Crippen molar-refractivity contribution in [2.45, 2.75) is 63.7 Å². The van der Waals surface area contributed by atoms with Gasteiger partial charge < -0.3 is 51.2 Å². The number of phenols is 1. The van der Waals surface area contributed by atoms with Crippen LogP contribution in [0, 0.1) is 0 Å². The molecule has 1 aliphatic carbocycles. The minimum Gasteiger partial charge on any atom is -0.507 e. The number of ketones is 2. The minimum absolute atomic E-state index is 0.0563. The number of hydrogen-bond acceptors (Lipinski definition) is 14. The van der Waals surface area contributed by atoms with Gasteiger partial charge in [-0.1, -0.05) is 54.6 Å². The lowest BCUT2D eigenvalue weighted by atomic mass is 9.76. The maximum Gasteiger partial charge on any atom is 0.308 e. The number of hydrogen-bond donors (Lipinski definition) is 7. The summed E-state index contributed by atoms with van der Waals surface area (Å²) in [6.45, 7) is 1.85. The summed E-state index contributed by atoms with van der Waals surface area (Å²) in [6.07, 6.45) is -8.50. The fraction of sp³-hybridized carbons (Fsp3) is 0.238. The smallest absolute Gasteiger partial charge is 0.308 e. The number of aldehydes is 1. The SMILES string of the molecule is CC(=O)Oc1cc(CO)c2c(c1-c1ccc3ccccc3c1)C(=O)c1cc(OC3OC(C)C(O)C(O)C3O)c(Cc3cccc(C(N)N)c3C=O)c(O)c1C2=O. The predicted molar refractivity (Wildman–Crippen MR) is 200 cm³/mol. The zero-order chi connectivity index (χ0) is 40.2. The topological polar surface area (TPSA) is 249 Å². The monoisotopic (exact) mass is 762 g/mol. The van der Waals surface area contributed by atoms with Gasteiger partial charge in [-0.05, 0) is 58.1 Å². The Labute approximate surface area is 319 Å². The molecule has 5 aromatic carbocycles. The first kappa shape index (κ1) is 38.4. The quantitative estimate of drug-likeness (QED) is 0.0485. The Kier molecular flexibility index (Phi) is 10.3. The van der Waals surface area contributed by atoms with Gasteiger partial charge >= 0.3 is 5.97 Å². The third-order valence-corrected chi connectivity index (χ3v) is 10.3. The number of benzene rings is 5. The zero-order valence-corrected chi connectivity index (χ0v) is 30.1. The van der Waals surface area contributed by atoms with E-state index in [0.29, 0.717) is 17.4 Å². The second kappa shape index (κ2) is 15.0. The van der Waals surface area contributed by atoms with Crippen LogP contribution in [0.2, 0.25) is 0 Å². The van der Waals surface area contributed by atoms with Crippen molar-refractivity contribution < 1.29 is 58.9 Å². The summed E-state index contributed by atoms with van der Waals surface area (Å²) >= 11 is 0. The number of carbonyl (C=O) groups excluding carboxylic acids is 4. The van der Waals surface area contributed by atoms with Crippen LogP contribution >= 0.6 is 0 Å². The number of phenolic OH excluding ortho intramolecular Hbond substituents is 1. The number of rotatable bonds is 9. The number of aromatic hydroxyl groups is 1. The third-order valence-electron chi connectivity index (χ3n) is 10.3. The van der Waals surface area contributed by atoms with Crippen LogP contribution in [-0.2, 0) is 22.6 Å². The van der Waals surface area contributed by atoms with Gasteiger partial charge in [0.25, 0.3) is 0 Å². The molecule has 5 atom stereocenters. The number of aliphatic hydroxyl groups excluding tert-OH is 4. The lowest BCUT2D eigenvalue weighted by Gasteiger charge is -2.39. The molecule has 7 rings (SSSR count). The van der Waals surface area contributed by atoms with E-state index in [0.717, 1.165) is 10.8 Å². The summed E-state index contributed by atoms with van der Waals surface area (Å²) in [4.78, 5) is 54.4. The van der Waals surface area contributed by atoms with E-state index in [2.05, 4.69) is 0 Å². The molecule has 2 aliphatic rings. The summed E-state index contributed by atoms with van der Waals surface area (Å²) in [5.41, 5.74) is 11.6. The van der Waals surface area contributed by atoms with Gasteiger partial charge in [0, 0.05) is 46.7 Å². The van der Waals surface area contributed by atoms with Crippen molar-refractivity contribution in [3.63, 3.8) is 0 Å². The highest BCUT2D eigenvalue weighted by Crippen LogP contribution is 2.47. The molecule has 56 heavy (non-hydrogen) atoms. The maximum atomic E-state index is 14.9. The number of esters is 1. The van der Waals surface area contributed by atoms with Gasteiger partial charge in [-0.25, -0.2) is 0 Å². The van der Waals surface area contributed by atoms with E-state index in [-0.39, 0.29) is 62.4 Å². The van der Waals surface area contributed by atoms with Crippen LogP contribution in [0.4, 0.5) is 0 Å². The molecule has 5 aromatic rings. The Bertz CT molecular complexity index is 2440. The molecule has 0 amide bonds. The van der Waals surface area contributed by atoms with Crippen LogP contribution in [0.1, 0.15) is 84.5 Å². The highest BCUT2D eigenvalue weighted by atomic mass is 16.7. The van der Waals surface area contributed by atoms with Crippen LogP contribution in [0.5, 0.6) is 17.2 Å². The second-order valence-electron chi connectivity index (χ2n) is 13.8. The fourth-order valence-electron chi connectivity index (χ4n) is 7.47. The highest BCUT2D eigenvalue weighted by Gasteiger charge is 2.45. The van der Waals surface area contributed by atoms with E-state index in [1.54, 1.807) is 36.4 Å². The molecule has 1 fully saturated rings. The average Bonchev–Trinajstić information content (AvgIpc) is 3.18. The molecule has 288 valence electrons. The van der Waals surface area contributed by atoms with Crippen LogP contribution in [0.25, 0.3) is 21.9 Å². The summed E-state index contributed by atoms with van der Waals surface area (Å²) < 4.78 is 17.4. The molecular weight excluding hydrogens is 724 g/mol. The Morgan fingerprint density at radius 1 is 0.839 bits per heavy atom. The molecule has 14 nitrogen and oxygen atoms in total. The van der Waals surface area contributed by atoms with Crippen molar-refractivity contribution in [3.05, 3.63) is 123 Å². The van der Waals surface area contributed by atoms with Gasteiger partial charge in [0.2, 0.25) is 6.29 Å². The second-order valence-corrected chi connectivity index (χ2v) is 13.8. The van der Waals surface area contributed by atoms with Crippen molar-refractivity contribution in [2.75, 3.05) is 0 Å². The molecule has 0 aromatic heterocycles. The standard InChI is InChI=1S/C42H38N2O12/c1-18-35(48)39(52)40(53)42(54-18)56-29-15-27-33(36(49)26(29)13-22-8-5-9-25(41(43)44)28(22)17-46)38(51)32-24(16-45)14-30(55-19(2)47)31(34(32)37(27)50)23-11-10-20-6-3-4-7-21(20)12-23/h3-12,14-15,17-18,35,39-42,45,48-49,52-53H,13,16,43-44H2,1-2H3. The van der Waals surface area contributed by atoms with Crippen molar-refractivity contribution in [2.24, 2.45) is 11.5 Å². The summed E-state index contributed by atoms with van der Waals surface area (Å²) in [6, 6.07) is 19.8. The average molecular weight is 763 g/mol. The van der Waals surface area contributed by atoms with Crippen LogP contribution in [0.3, 0.4) is 0 Å². The first-order valence-electron chi connectivity index (χ1n) is 17.7. The number of fused-ring (bicyclic) bond motifs is 3. The first-order chi connectivity index (χ1) is 26.7. The van der Waals surface area contributed by atoms with Gasteiger partial charge in [0.05, 0.1) is 24.4 Å². The fourth-order valence-corrected chi connectivity index (χ4v) is 7.47. The first-order valence-corrected chi connectivity index (χ1v) is 17.7. The summed E-state index contributed by atoms with van der Waals surface area (Å²) in [5.74, 6) is -3.50.